The Bertz CT molecular complexity index is 1170. The van der Waals surface area contributed by atoms with Gasteiger partial charge in [-0.25, -0.2) is 0 Å². The highest BCUT2D eigenvalue weighted by atomic mass is 28.4. The molecule has 0 N–H and O–H groups in total. The minimum absolute atomic E-state index is 0.388. The second-order valence-corrected chi connectivity index (χ2v) is 16.9. The standard InChI is InChI=1S/C42H67BNO3Si/c1-7-13-33-44(34-14-8-2,35-15-9-3)41(26-12-6)40-31-24-25-32-42(40)48(38-27-20-18-21-28-38,39-29-22-19-23-30-39)47-43(45-36-16-10-4)46-37-17-11-5/h18-25,27-32,41H,7-17,26,33-37H2,1-6H3/q+1. The summed E-state index contributed by atoms with van der Waals surface area (Å²) >= 11 is 0. The maximum atomic E-state index is 7.60. The van der Waals surface area contributed by atoms with E-state index in [9.17, 15) is 0 Å². The predicted octanol–water partition coefficient (Wildman–Crippen LogP) is 9.35. The third-order valence-electron chi connectivity index (χ3n) is 9.93. The van der Waals surface area contributed by atoms with Gasteiger partial charge >= 0.3 is 7.32 Å². The highest BCUT2D eigenvalue weighted by Crippen LogP contribution is 2.36. The molecule has 0 aliphatic rings. The van der Waals surface area contributed by atoms with Crippen LogP contribution in [0.3, 0.4) is 0 Å². The van der Waals surface area contributed by atoms with Crippen molar-refractivity contribution in [2.75, 3.05) is 32.8 Å². The number of hydrogen-bond acceptors (Lipinski definition) is 3. The first-order valence-corrected chi connectivity index (χ1v) is 21.4. The van der Waals surface area contributed by atoms with Crippen LogP contribution in [-0.4, -0.2) is 53.0 Å². The number of quaternary nitrogens is 1. The molecule has 0 fully saturated rings. The van der Waals surface area contributed by atoms with E-state index in [1.807, 2.05) is 0 Å². The van der Waals surface area contributed by atoms with Crippen molar-refractivity contribution in [1.29, 1.82) is 0 Å². The van der Waals surface area contributed by atoms with E-state index in [1.54, 1.807) is 0 Å². The molecule has 48 heavy (non-hydrogen) atoms. The van der Waals surface area contributed by atoms with Crippen LogP contribution in [-0.2, 0) is 13.7 Å². The molecule has 0 spiro atoms. The number of hydrogen-bond donors (Lipinski definition) is 0. The molecule has 0 aliphatic heterocycles. The molecule has 0 radical (unpaired) electrons. The molecule has 3 aromatic carbocycles. The fraction of sp³-hybridized carbons (Fsp3) is 0.571. The van der Waals surface area contributed by atoms with E-state index in [2.05, 4.69) is 126 Å². The fourth-order valence-electron chi connectivity index (χ4n) is 7.26. The second kappa shape index (κ2) is 22.5. The van der Waals surface area contributed by atoms with Gasteiger partial charge in [-0.2, -0.15) is 0 Å². The Hall–Kier alpha value is -2.22. The molecule has 0 saturated carbocycles. The average Bonchev–Trinajstić information content (AvgIpc) is 3.13. The van der Waals surface area contributed by atoms with Crippen LogP contribution < -0.4 is 15.6 Å². The Morgan fingerprint density at radius 2 is 0.979 bits per heavy atom. The van der Waals surface area contributed by atoms with Gasteiger partial charge in [-0.3, -0.25) is 0 Å². The van der Waals surface area contributed by atoms with Crippen LogP contribution in [0.25, 0.3) is 0 Å². The van der Waals surface area contributed by atoms with Crippen molar-refractivity contribution in [1.82, 2.24) is 0 Å². The molecular weight excluding hydrogens is 605 g/mol. The highest BCUT2D eigenvalue weighted by Gasteiger charge is 2.50. The van der Waals surface area contributed by atoms with Crippen LogP contribution in [0.15, 0.2) is 84.9 Å². The molecule has 0 bridgehead atoms. The minimum Gasteiger partial charge on any atom is -0.417 e. The maximum Gasteiger partial charge on any atom is 0.629 e. The van der Waals surface area contributed by atoms with Crippen molar-refractivity contribution in [3.05, 3.63) is 90.5 Å². The Balaban J connectivity index is 2.39. The van der Waals surface area contributed by atoms with Gasteiger partial charge < -0.3 is 18.1 Å². The Morgan fingerprint density at radius 1 is 0.542 bits per heavy atom. The summed E-state index contributed by atoms with van der Waals surface area (Å²) in [7, 11) is -3.92. The highest BCUT2D eigenvalue weighted by molar-refractivity contribution is 7.09. The summed E-state index contributed by atoms with van der Waals surface area (Å²) in [4.78, 5) is 0. The van der Waals surface area contributed by atoms with Crippen molar-refractivity contribution in [2.24, 2.45) is 0 Å². The van der Waals surface area contributed by atoms with E-state index in [0.29, 0.717) is 19.3 Å². The van der Waals surface area contributed by atoms with E-state index in [0.717, 1.165) is 43.0 Å². The van der Waals surface area contributed by atoms with Crippen molar-refractivity contribution < 1.29 is 18.1 Å². The first kappa shape index (κ1) is 40.2. The second-order valence-electron chi connectivity index (χ2n) is 13.6. The summed E-state index contributed by atoms with van der Waals surface area (Å²) in [5, 5.41) is 3.81. The molecule has 0 saturated heterocycles. The minimum atomic E-state index is -3.18. The van der Waals surface area contributed by atoms with E-state index >= 15 is 0 Å². The van der Waals surface area contributed by atoms with Crippen molar-refractivity contribution >= 4 is 31.2 Å². The molecule has 0 aromatic heterocycles. The van der Waals surface area contributed by atoms with Gasteiger partial charge in [0.1, 0.15) is 6.04 Å². The maximum absolute atomic E-state index is 7.60. The Morgan fingerprint density at radius 3 is 1.42 bits per heavy atom. The molecule has 6 heteroatoms. The van der Waals surface area contributed by atoms with E-state index in [-0.39, 0.29) is 0 Å². The first-order valence-electron chi connectivity index (χ1n) is 19.5. The number of rotatable bonds is 26. The molecule has 1 unspecified atom stereocenters. The smallest absolute Gasteiger partial charge is 0.417 e. The lowest BCUT2D eigenvalue weighted by atomic mass is 9.95. The SMILES string of the molecule is CCCCOB(OCCCC)O[Si](c1ccccc1)(c1ccccc1)c1ccccc1C(CCC)[N+](CCCC)(CCCC)CCCC. The van der Waals surface area contributed by atoms with Crippen LogP contribution >= 0.6 is 0 Å². The van der Waals surface area contributed by atoms with Crippen LogP contribution in [0.4, 0.5) is 0 Å². The van der Waals surface area contributed by atoms with Gasteiger partial charge in [0.2, 0.25) is 0 Å². The quantitative estimate of drug-likeness (QED) is 0.0368. The number of nitrogens with zero attached hydrogens (tertiary/aromatic N) is 1. The lowest BCUT2D eigenvalue weighted by Gasteiger charge is -2.47. The normalized spacial score (nSPS) is 12.7. The molecule has 264 valence electrons. The van der Waals surface area contributed by atoms with Gasteiger partial charge in [-0.1, -0.05) is 165 Å². The summed E-state index contributed by atoms with van der Waals surface area (Å²) in [6.45, 7) is 18.8. The fourth-order valence-corrected chi connectivity index (χ4v) is 11.3. The Kier molecular flexibility index (Phi) is 18.8. The van der Waals surface area contributed by atoms with Crippen LogP contribution in [0.5, 0.6) is 0 Å². The lowest BCUT2D eigenvalue weighted by molar-refractivity contribution is -0.958. The van der Waals surface area contributed by atoms with Gasteiger partial charge in [0.05, 0.1) is 19.6 Å². The number of benzene rings is 3. The van der Waals surface area contributed by atoms with Gasteiger partial charge in [-0.05, 0) is 47.7 Å². The summed E-state index contributed by atoms with van der Waals surface area (Å²) in [5.74, 6) is 0. The molecule has 4 nitrogen and oxygen atoms in total. The molecule has 1 atom stereocenters. The van der Waals surface area contributed by atoms with E-state index in [1.165, 1.54) is 79.3 Å². The van der Waals surface area contributed by atoms with Crippen LogP contribution in [0, 0.1) is 0 Å². The predicted molar refractivity (Wildman–Crippen MR) is 210 cm³/mol. The monoisotopic (exact) mass is 672 g/mol. The van der Waals surface area contributed by atoms with Gasteiger partial charge in [0.15, 0.2) is 0 Å². The van der Waals surface area contributed by atoms with Crippen LogP contribution in [0.1, 0.15) is 130 Å². The van der Waals surface area contributed by atoms with Crippen molar-refractivity contribution in [2.45, 2.75) is 125 Å². The third kappa shape index (κ3) is 10.9. The van der Waals surface area contributed by atoms with Crippen molar-refractivity contribution in [3.63, 3.8) is 0 Å². The van der Waals surface area contributed by atoms with Gasteiger partial charge in [-0.15, -0.1) is 0 Å². The Labute approximate surface area is 296 Å². The van der Waals surface area contributed by atoms with Gasteiger partial charge in [0, 0.05) is 25.2 Å². The molecule has 0 amide bonds. The third-order valence-corrected chi connectivity index (χ3v) is 14.0. The number of unbranched alkanes of at least 4 members (excludes halogenated alkanes) is 5. The molecular formula is C42H67BNO3Si+. The summed E-state index contributed by atoms with van der Waals surface area (Å²) in [6.07, 6.45) is 13.8. The van der Waals surface area contributed by atoms with Crippen LogP contribution in [0.2, 0.25) is 0 Å². The van der Waals surface area contributed by atoms with Crippen molar-refractivity contribution in [3.8, 4) is 0 Å². The zero-order chi connectivity index (χ0) is 34.5. The molecule has 3 rings (SSSR count). The lowest BCUT2D eigenvalue weighted by Crippen LogP contribution is -2.72. The summed E-state index contributed by atoms with van der Waals surface area (Å²) in [6, 6.07) is 31.8. The first-order chi connectivity index (χ1) is 23.6. The summed E-state index contributed by atoms with van der Waals surface area (Å²) < 4.78 is 21.8. The van der Waals surface area contributed by atoms with E-state index < -0.39 is 15.6 Å². The molecule has 3 aromatic rings. The summed E-state index contributed by atoms with van der Waals surface area (Å²) in [5.41, 5.74) is 1.46. The van der Waals surface area contributed by atoms with Gasteiger partial charge in [0.25, 0.3) is 8.32 Å². The largest absolute Gasteiger partial charge is 0.629 e. The zero-order valence-electron chi connectivity index (χ0n) is 31.4. The molecule has 0 heterocycles. The zero-order valence-corrected chi connectivity index (χ0v) is 32.4. The topological polar surface area (TPSA) is 27.7 Å². The molecule has 0 aliphatic carbocycles. The average molecular weight is 673 g/mol. The van der Waals surface area contributed by atoms with E-state index in [4.69, 9.17) is 13.7 Å².